The molecule has 5 nitrogen and oxygen atoms in total. The number of likely N-dealkylation sites (N-methyl/N-ethyl adjacent to an activating group) is 2. The highest BCUT2D eigenvalue weighted by molar-refractivity contribution is 6.29. The smallest absolute Gasteiger partial charge is 0.128 e. The Bertz CT molecular complexity index is 392. The van der Waals surface area contributed by atoms with Crippen LogP contribution in [0.25, 0.3) is 0 Å². The van der Waals surface area contributed by atoms with E-state index in [1.54, 1.807) is 6.20 Å². The van der Waals surface area contributed by atoms with Crippen molar-refractivity contribution in [1.82, 2.24) is 24.7 Å². The van der Waals surface area contributed by atoms with Gasteiger partial charge in [-0.15, -0.1) is 0 Å². The summed E-state index contributed by atoms with van der Waals surface area (Å²) in [5, 5.41) is 4.15. The third-order valence-corrected chi connectivity index (χ3v) is 4.02. The molecule has 1 aromatic heterocycles. The first-order chi connectivity index (χ1) is 8.58. The van der Waals surface area contributed by atoms with Crippen molar-refractivity contribution in [2.45, 2.75) is 12.6 Å². The van der Waals surface area contributed by atoms with Crippen molar-refractivity contribution in [3.8, 4) is 0 Å². The second kappa shape index (κ2) is 6.02. The van der Waals surface area contributed by atoms with Crippen LogP contribution in [0.15, 0.2) is 6.20 Å². The van der Waals surface area contributed by atoms with Gasteiger partial charge in [0.2, 0.25) is 0 Å². The van der Waals surface area contributed by atoms with Gasteiger partial charge in [-0.25, -0.2) is 4.98 Å². The Morgan fingerprint density at radius 3 is 2.83 bits per heavy atom. The Labute approximate surface area is 114 Å². The van der Waals surface area contributed by atoms with Crippen LogP contribution in [0.4, 0.5) is 0 Å². The monoisotopic (exact) mass is 271 g/mol. The summed E-state index contributed by atoms with van der Waals surface area (Å²) in [7, 11) is 6.31. The van der Waals surface area contributed by atoms with Gasteiger partial charge in [-0.2, -0.15) is 0 Å². The molecule has 1 fully saturated rings. The molecule has 0 spiro atoms. The SMILES string of the molecule is CN1CCN(C)C(CNCc2ncc(Cl)n2C)C1. The number of piperazine rings is 1. The quantitative estimate of drug-likeness (QED) is 0.861. The zero-order valence-corrected chi connectivity index (χ0v) is 12.1. The zero-order valence-electron chi connectivity index (χ0n) is 11.4. The van der Waals surface area contributed by atoms with E-state index in [1.807, 2.05) is 11.6 Å². The van der Waals surface area contributed by atoms with Crippen LogP contribution < -0.4 is 5.32 Å². The van der Waals surface area contributed by atoms with Gasteiger partial charge in [-0.3, -0.25) is 4.90 Å². The molecule has 102 valence electrons. The maximum atomic E-state index is 5.96. The van der Waals surface area contributed by atoms with Gasteiger partial charge in [0, 0.05) is 39.3 Å². The second-order valence-electron chi connectivity index (χ2n) is 5.08. The summed E-state index contributed by atoms with van der Waals surface area (Å²) in [6, 6.07) is 0.569. The minimum Gasteiger partial charge on any atom is -0.321 e. The lowest BCUT2D eigenvalue weighted by molar-refractivity contribution is 0.113. The summed E-state index contributed by atoms with van der Waals surface area (Å²) in [4.78, 5) is 9.07. The van der Waals surface area contributed by atoms with Gasteiger partial charge >= 0.3 is 0 Å². The Balaban J connectivity index is 1.79. The van der Waals surface area contributed by atoms with Crippen molar-refractivity contribution in [1.29, 1.82) is 0 Å². The average molecular weight is 272 g/mol. The molecule has 0 radical (unpaired) electrons. The summed E-state index contributed by atoms with van der Waals surface area (Å²) >= 11 is 5.96. The predicted octanol–water partition coefficient (Wildman–Crippen LogP) is 0.409. The Morgan fingerprint density at radius 1 is 1.39 bits per heavy atom. The van der Waals surface area contributed by atoms with E-state index in [4.69, 9.17) is 11.6 Å². The summed E-state index contributed by atoms with van der Waals surface area (Å²) in [6.07, 6.45) is 1.69. The highest BCUT2D eigenvalue weighted by Gasteiger charge is 2.21. The molecule has 0 aromatic carbocycles. The number of hydrogen-bond donors (Lipinski definition) is 1. The molecule has 1 atom stereocenters. The molecule has 0 bridgehead atoms. The van der Waals surface area contributed by atoms with Crippen LogP contribution in [-0.2, 0) is 13.6 Å². The van der Waals surface area contributed by atoms with Gasteiger partial charge in [0.25, 0.3) is 0 Å². The normalized spacial score (nSPS) is 22.6. The first kappa shape index (κ1) is 13.8. The lowest BCUT2D eigenvalue weighted by Crippen LogP contribution is -2.53. The van der Waals surface area contributed by atoms with Crippen LogP contribution in [0.5, 0.6) is 0 Å². The molecule has 18 heavy (non-hydrogen) atoms. The van der Waals surface area contributed by atoms with Crippen molar-refractivity contribution < 1.29 is 0 Å². The minimum atomic E-state index is 0.569. The van der Waals surface area contributed by atoms with E-state index in [1.165, 1.54) is 0 Å². The number of imidazole rings is 1. The topological polar surface area (TPSA) is 36.3 Å². The van der Waals surface area contributed by atoms with Crippen LogP contribution in [0.3, 0.4) is 0 Å². The molecule has 2 rings (SSSR count). The molecule has 1 aliphatic heterocycles. The Morgan fingerprint density at radius 2 is 2.17 bits per heavy atom. The molecule has 2 heterocycles. The molecule has 6 heteroatoms. The predicted molar refractivity (Wildman–Crippen MR) is 73.8 cm³/mol. The number of nitrogens with zero attached hydrogens (tertiary/aromatic N) is 4. The third-order valence-electron chi connectivity index (χ3n) is 3.67. The maximum absolute atomic E-state index is 5.96. The molecule has 0 amide bonds. The van der Waals surface area contributed by atoms with E-state index in [9.17, 15) is 0 Å². The highest BCUT2D eigenvalue weighted by Crippen LogP contribution is 2.09. The zero-order chi connectivity index (χ0) is 13.1. The van der Waals surface area contributed by atoms with Gasteiger partial charge in [-0.05, 0) is 14.1 Å². The van der Waals surface area contributed by atoms with Crippen molar-refractivity contribution >= 4 is 11.6 Å². The molecule has 1 aliphatic rings. The van der Waals surface area contributed by atoms with E-state index >= 15 is 0 Å². The number of hydrogen-bond acceptors (Lipinski definition) is 4. The standard InChI is InChI=1S/C12H22ClN5/c1-16-4-5-17(2)10(9-16)6-14-8-12-15-7-11(13)18(12)3/h7,10,14H,4-6,8-9H2,1-3H3. The first-order valence-electron chi connectivity index (χ1n) is 6.33. The molecule has 1 N–H and O–H groups in total. The highest BCUT2D eigenvalue weighted by atomic mass is 35.5. The molecule has 1 unspecified atom stereocenters. The molecular weight excluding hydrogens is 250 g/mol. The van der Waals surface area contributed by atoms with E-state index < -0.39 is 0 Å². The number of rotatable bonds is 4. The van der Waals surface area contributed by atoms with E-state index in [2.05, 4.69) is 34.2 Å². The molecule has 1 aromatic rings. The van der Waals surface area contributed by atoms with E-state index in [0.717, 1.165) is 38.5 Å². The Hall–Kier alpha value is -0.620. The van der Waals surface area contributed by atoms with Crippen molar-refractivity contribution in [2.75, 3.05) is 40.3 Å². The largest absolute Gasteiger partial charge is 0.321 e. The number of nitrogens with one attached hydrogen (secondary N) is 1. The van der Waals surface area contributed by atoms with Crippen LogP contribution in [0.1, 0.15) is 5.82 Å². The number of aromatic nitrogens is 2. The average Bonchev–Trinajstić information content (AvgIpc) is 2.65. The van der Waals surface area contributed by atoms with Crippen molar-refractivity contribution in [3.05, 3.63) is 17.2 Å². The summed E-state index contributed by atoms with van der Waals surface area (Å²) in [5.74, 6) is 0.979. The fourth-order valence-corrected chi connectivity index (χ4v) is 2.41. The minimum absolute atomic E-state index is 0.569. The van der Waals surface area contributed by atoms with Crippen LogP contribution in [0.2, 0.25) is 5.15 Å². The summed E-state index contributed by atoms with van der Waals surface area (Å²) < 4.78 is 1.91. The van der Waals surface area contributed by atoms with Gasteiger partial charge in [0.15, 0.2) is 0 Å². The molecular formula is C12H22ClN5. The van der Waals surface area contributed by atoms with Crippen molar-refractivity contribution in [3.63, 3.8) is 0 Å². The fourth-order valence-electron chi connectivity index (χ4n) is 2.26. The van der Waals surface area contributed by atoms with Crippen LogP contribution in [0, 0.1) is 0 Å². The van der Waals surface area contributed by atoms with Gasteiger partial charge in [0.05, 0.1) is 12.7 Å². The second-order valence-corrected chi connectivity index (χ2v) is 5.47. The summed E-state index contributed by atoms with van der Waals surface area (Å²) in [6.45, 7) is 5.15. The van der Waals surface area contributed by atoms with Crippen molar-refractivity contribution in [2.24, 2.45) is 7.05 Å². The summed E-state index contributed by atoms with van der Waals surface area (Å²) in [5.41, 5.74) is 0. The third kappa shape index (κ3) is 3.23. The van der Waals surface area contributed by atoms with Gasteiger partial charge in [-0.1, -0.05) is 11.6 Å². The number of halogens is 1. The van der Waals surface area contributed by atoms with Crippen LogP contribution in [-0.4, -0.2) is 65.7 Å². The van der Waals surface area contributed by atoms with Gasteiger partial charge in [0.1, 0.15) is 11.0 Å². The Kier molecular flexibility index (Phi) is 4.61. The van der Waals surface area contributed by atoms with Gasteiger partial charge < -0.3 is 14.8 Å². The molecule has 0 saturated carbocycles. The fraction of sp³-hybridized carbons (Fsp3) is 0.750. The molecule has 1 saturated heterocycles. The van der Waals surface area contributed by atoms with E-state index in [0.29, 0.717) is 11.2 Å². The lowest BCUT2D eigenvalue weighted by Gasteiger charge is -2.37. The lowest BCUT2D eigenvalue weighted by atomic mass is 10.2. The van der Waals surface area contributed by atoms with E-state index in [-0.39, 0.29) is 0 Å². The molecule has 0 aliphatic carbocycles. The first-order valence-corrected chi connectivity index (χ1v) is 6.71. The maximum Gasteiger partial charge on any atom is 0.128 e. The van der Waals surface area contributed by atoms with Crippen LogP contribution >= 0.6 is 11.6 Å².